The zero-order chi connectivity index (χ0) is 13.1. The fourth-order valence-electron chi connectivity index (χ4n) is 2.16. The highest BCUT2D eigenvalue weighted by Gasteiger charge is 2.19. The van der Waals surface area contributed by atoms with Gasteiger partial charge in [0.25, 0.3) is 12.1 Å². The van der Waals surface area contributed by atoms with Crippen LogP contribution in [0.3, 0.4) is 0 Å². The van der Waals surface area contributed by atoms with Crippen LogP contribution in [0, 0.1) is 0 Å². The zero-order valence-corrected chi connectivity index (χ0v) is 10.4. The summed E-state index contributed by atoms with van der Waals surface area (Å²) >= 11 is 0. The average Bonchev–Trinajstić information content (AvgIpc) is 2.76. The van der Waals surface area contributed by atoms with Crippen molar-refractivity contribution in [2.24, 2.45) is 7.05 Å². The van der Waals surface area contributed by atoms with Crippen molar-refractivity contribution in [3.8, 4) is 11.1 Å². The van der Waals surface area contributed by atoms with Crippen LogP contribution in [0.5, 0.6) is 0 Å². The van der Waals surface area contributed by atoms with E-state index in [2.05, 4.69) is 0 Å². The number of aromatic nitrogens is 1. The lowest BCUT2D eigenvalue weighted by molar-refractivity contribution is 0.105. The fraction of sp³-hybridized carbons (Fsp3) is 0.200. The van der Waals surface area contributed by atoms with Crippen LogP contribution < -0.4 is 0 Å². The Balaban J connectivity index is 2.67. The van der Waals surface area contributed by atoms with Crippen molar-refractivity contribution in [1.82, 2.24) is 4.57 Å². The molecule has 0 atom stereocenters. The van der Waals surface area contributed by atoms with Crippen molar-refractivity contribution in [3.05, 3.63) is 47.8 Å². The summed E-state index contributed by atoms with van der Waals surface area (Å²) < 4.78 is 1.77. The molecule has 0 amide bonds. The average molecular weight is 240 g/mol. The van der Waals surface area contributed by atoms with Crippen molar-refractivity contribution in [2.75, 3.05) is 0 Å². The van der Waals surface area contributed by atoms with E-state index in [-0.39, 0.29) is 0 Å². The van der Waals surface area contributed by atoms with Gasteiger partial charge in [-0.25, -0.2) is 0 Å². The molecule has 1 aromatic heterocycles. The summed E-state index contributed by atoms with van der Waals surface area (Å²) in [6.45, 7) is 2.02. The smallest absolute Gasteiger partial charge is 0.279 e. The second-order valence-corrected chi connectivity index (χ2v) is 4.11. The third kappa shape index (κ3) is 1.99. The van der Waals surface area contributed by atoms with Crippen LogP contribution in [0.1, 0.15) is 23.1 Å². The summed E-state index contributed by atoms with van der Waals surface area (Å²) in [6, 6.07) is 11.5. The van der Waals surface area contributed by atoms with Gasteiger partial charge in [-0.2, -0.15) is 0 Å². The number of Topliss-reactive ketones (excluding diaryl/α,β-unsaturated/α-hetero) is 1. The first kappa shape index (κ1) is 12.3. The number of carbonyl (C=O) groups excluding carboxylic acids is 2. The molecule has 0 unspecified atom stereocenters. The van der Waals surface area contributed by atoms with E-state index < -0.39 is 5.78 Å². The lowest BCUT2D eigenvalue weighted by Crippen LogP contribution is -2.09. The molecule has 3 heteroatoms. The van der Waals surface area contributed by atoms with Crippen molar-refractivity contribution >= 4 is 12.1 Å². The molecule has 1 heterocycles. The third-order valence-electron chi connectivity index (χ3n) is 3.09. The van der Waals surface area contributed by atoms with Gasteiger partial charge in [-0.3, -0.25) is 9.59 Å². The van der Waals surface area contributed by atoms with E-state index in [1.54, 1.807) is 11.6 Å². The predicted octanol–water partition coefficient (Wildman–Crippen LogP) is 2.55. The SMILES string of the molecule is CCc1cc(-c2ccccc2)c(C(=O)[C]=O)n1C. The molecule has 0 aliphatic heterocycles. The molecule has 0 saturated heterocycles. The highest BCUT2D eigenvalue weighted by molar-refractivity contribution is 6.34. The first-order valence-electron chi connectivity index (χ1n) is 5.85. The van der Waals surface area contributed by atoms with Gasteiger partial charge in [0.05, 0.1) is 0 Å². The Labute approximate surface area is 106 Å². The van der Waals surface area contributed by atoms with Crippen LogP contribution in [-0.4, -0.2) is 16.6 Å². The van der Waals surface area contributed by atoms with Gasteiger partial charge in [-0.15, -0.1) is 0 Å². The maximum absolute atomic E-state index is 11.7. The summed E-state index contributed by atoms with van der Waals surface area (Å²) in [5.41, 5.74) is 3.16. The van der Waals surface area contributed by atoms with E-state index in [1.165, 1.54) is 6.29 Å². The number of carbonyl (C=O) groups is 1. The number of aryl methyl sites for hydroxylation is 1. The second-order valence-electron chi connectivity index (χ2n) is 4.11. The first-order valence-corrected chi connectivity index (χ1v) is 5.85. The highest BCUT2D eigenvalue weighted by Crippen LogP contribution is 2.27. The third-order valence-corrected chi connectivity index (χ3v) is 3.09. The predicted molar refractivity (Wildman–Crippen MR) is 70.3 cm³/mol. The first-order chi connectivity index (χ1) is 8.69. The zero-order valence-electron chi connectivity index (χ0n) is 10.4. The molecule has 0 bridgehead atoms. The molecule has 0 spiro atoms. The van der Waals surface area contributed by atoms with Gasteiger partial charge in [0.2, 0.25) is 0 Å². The highest BCUT2D eigenvalue weighted by atomic mass is 16.2. The molecule has 0 aliphatic rings. The van der Waals surface area contributed by atoms with Crippen LogP contribution in [0.25, 0.3) is 11.1 Å². The monoisotopic (exact) mass is 240 g/mol. The summed E-state index contributed by atoms with van der Waals surface area (Å²) in [6.07, 6.45) is 2.27. The molecule has 3 nitrogen and oxygen atoms in total. The number of hydrogen-bond acceptors (Lipinski definition) is 2. The van der Waals surface area contributed by atoms with Gasteiger partial charge < -0.3 is 4.57 Å². The topological polar surface area (TPSA) is 39.1 Å². The Morgan fingerprint density at radius 1 is 1.28 bits per heavy atom. The normalized spacial score (nSPS) is 10.3. The molecule has 0 fully saturated rings. The molecule has 18 heavy (non-hydrogen) atoms. The van der Waals surface area contributed by atoms with Gasteiger partial charge in [0, 0.05) is 18.3 Å². The number of rotatable bonds is 4. The minimum Gasteiger partial charge on any atom is -0.344 e. The van der Waals surface area contributed by atoms with Gasteiger partial charge in [0.15, 0.2) is 0 Å². The summed E-state index contributed by atoms with van der Waals surface area (Å²) in [7, 11) is 1.80. The molecular formula is C15H14NO2. The van der Waals surface area contributed by atoms with Crippen molar-refractivity contribution < 1.29 is 9.59 Å². The van der Waals surface area contributed by atoms with E-state index in [9.17, 15) is 9.59 Å². The molecule has 1 radical (unpaired) electrons. The van der Waals surface area contributed by atoms with Crippen molar-refractivity contribution in [2.45, 2.75) is 13.3 Å². The Kier molecular flexibility index (Phi) is 3.42. The molecule has 0 aliphatic carbocycles. The van der Waals surface area contributed by atoms with Crippen LogP contribution >= 0.6 is 0 Å². The quantitative estimate of drug-likeness (QED) is 0.608. The number of hydrogen-bond donors (Lipinski definition) is 0. The molecule has 91 valence electrons. The Bertz CT molecular complexity index is 582. The van der Waals surface area contributed by atoms with Gasteiger partial charge in [-0.05, 0) is 18.1 Å². The minimum absolute atomic E-state index is 0.410. The summed E-state index contributed by atoms with van der Waals surface area (Å²) in [4.78, 5) is 22.4. The fourth-order valence-corrected chi connectivity index (χ4v) is 2.16. The Hall–Kier alpha value is -2.16. The number of ketones is 1. The van der Waals surface area contributed by atoms with E-state index in [0.717, 1.165) is 23.2 Å². The van der Waals surface area contributed by atoms with Crippen LogP contribution in [0.4, 0.5) is 0 Å². The van der Waals surface area contributed by atoms with E-state index in [1.807, 2.05) is 43.3 Å². The van der Waals surface area contributed by atoms with Crippen LogP contribution in [0.2, 0.25) is 0 Å². The van der Waals surface area contributed by atoms with Gasteiger partial charge in [0.1, 0.15) is 5.69 Å². The largest absolute Gasteiger partial charge is 0.344 e. The lowest BCUT2D eigenvalue weighted by atomic mass is 10.0. The van der Waals surface area contributed by atoms with Crippen LogP contribution in [0.15, 0.2) is 36.4 Å². The summed E-state index contributed by atoms with van der Waals surface area (Å²) in [5, 5.41) is 0. The maximum Gasteiger partial charge on any atom is 0.279 e. The summed E-state index contributed by atoms with van der Waals surface area (Å²) in [5.74, 6) is -0.601. The Morgan fingerprint density at radius 3 is 2.50 bits per heavy atom. The number of benzene rings is 1. The molecule has 0 N–H and O–H groups in total. The van der Waals surface area contributed by atoms with Gasteiger partial charge in [-0.1, -0.05) is 37.3 Å². The maximum atomic E-state index is 11.7. The van der Waals surface area contributed by atoms with Crippen molar-refractivity contribution in [3.63, 3.8) is 0 Å². The lowest BCUT2D eigenvalue weighted by Gasteiger charge is -2.04. The molecule has 2 aromatic rings. The van der Waals surface area contributed by atoms with Crippen LogP contribution in [-0.2, 0) is 18.3 Å². The second kappa shape index (κ2) is 5.00. The molecule has 1 aromatic carbocycles. The number of nitrogens with zero attached hydrogens (tertiary/aromatic N) is 1. The standard InChI is InChI=1S/C15H14NO2/c1-3-12-9-13(11-7-5-4-6-8-11)15(16(12)2)14(18)10-17/h4-9H,3H2,1-2H3. The van der Waals surface area contributed by atoms with E-state index in [0.29, 0.717) is 5.69 Å². The molecule has 0 saturated carbocycles. The molecule has 2 rings (SSSR count). The van der Waals surface area contributed by atoms with Gasteiger partial charge >= 0.3 is 0 Å². The van der Waals surface area contributed by atoms with Crippen molar-refractivity contribution in [1.29, 1.82) is 0 Å². The minimum atomic E-state index is -0.601. The molecular weight excluding hydrogens is 226 g/mol. The van der Waals surface area contributed by atoms with E-state index >= 15 is 0 Å². The Morgan fingerprint density at radius 2 is 1.94 bits per heavy atom. The van der Waals surface area contributed by atoms with E-state index in [4.69, 9.17) is 0 Å².